The number of hydrogen-bond donors (Lipinski definition) is 1. The number of hydrogen-bond acceptors (Lipinski definition) is 3. The summed E-state index contributed by atoms with van der Waals surface area (Å²) in [5, 5.41) is 6.34. The van der Waals surface area contributed by atoms with Gasteiger partial charge in [-0.3, -0.25) is 9.59 Å². The molecule has 1 aromatic carbocycles. The van der Waals surface area contributed by atoms with Gasteiger partial charge >= 0.3 is 0 Å². The van der Waals surface area contributed by atoms with E-state index in [4.69, 9.17) is 0 Å². The molecule has 0 aliphatic carbocycles. The summed E-state index contributed by atoms with van der Waals surface area (Å²) < 4.78 is 13.9. The predicted molar refractivity (Wildman–Crippen MR) is 69.0 cm³/mol. The second-order valence-corrected chi connectivity index (χ2v) is 3.93. The van der Waals surface area contributed by atoms with Crippen LogP contribution in [0.15, 0.2) is 47.4 Å². The van der Waals surface area contributed by atoms with E-state index in [1.54, 1.807) is 30.3 Å². The summed E-state index contributed by atoms with van der Waals surface area (Å²) in [7, 11) is 0. The number of benzene rings is 1. The van der Waals surface area contributed by atoms with E-state index in [1.807, 2.05) is 0 Å². The zero-order valence-corrected chi connectivity index (χ0v) is 10.2. The van der Waals surface area contributed by atoms with Crippen molar-refractivity contribution in [2.45, 2.75) is 13.1 Å². The highest BCUT2D eigenvalue weighted by atomic mass is 19.1. The van der Waals surface area contributed by atoms with Gasteiger partial charge in [0.1, 0.15) is 0 Å². The number of amides is 1. The van der Waals surface area contributed by atoms with Crippen LogP contribution in [-0.2, 0) is 4.79 Å². The monoisotopic (exact) mass is 261 g/mol. The van der Waals surface area contributed by atoms with Crippen molar-refractivity contribution in [2.75, 3.05) is 5.32 Å². The summed E-state index contributed by atoms with van der Waals surface area (Å²) in [6.07, 6.45) is -0.0694. The lowest BCUT2D eigenvalue weighted by Gasteiger charge is -2.07. The highest BCUT2D eigenvalue weighted by Crippen LogP contribution is 2.11. The average molecular weight is 261 g/mol. The van der Waals surface area contributed by atoms with Crippen molar-refractivity contribution in [1.82, 2.24) is 9.78 Å². The van der Waals surface area contributed by atoms with E-state index in [9.17, 15) is 14.0 Å². The molecule has 0 bridgehead atoms. The van der Waals surface area contributed by atoms with Gasteiger partial charge in [-0.2, -0.15) is 9.78 Å². The number of halogens is 1. The van der Waals surface area contributed by atoms with Gasteiger partial charge in [0.2, 0.25) is 0 Å². The Morgan fingerprint density at radius 1 is 1.32 bits per heavy atom. The Labute approximate surface area is 108 Å². The number of nitrogens with zero attached hydrogens (tertiary/aromatic N) is 2. The fourth-order valence-corrected chi connectivity index (χ4v) is 1.48. The maximum atomic E-state index is 12.7. The normalized spacial score (nSPS) is 11.9. The molecule has 2 rings (SSSR count). The topological polar surface area (TPSA) is 64.0 Å². The molecule has 0 saturated heterocycles. The Morgan fingerprint density at radius 3 is 2.58 bits per heavy atom. The van der Waals surface area contributed by atoms with Gasteiger partial charge in [0.15, 0.2) is 6.17 Å². The van der Waals surface area contributed by atoms with E-state index < -0.39 is 12.1 Å². The summed E-state index contributed by atoms with van der Waals surface area (Å²) in [5.74, 6) is -0.706. The van der Waals surface area contributed by atoms with Gasteiger partial charge in [-0.05, 0) is 37.3 Å². The summed E-state index contributed by atoms with van der Waals surface area (Å²) >= 11 is 0. The van der Waals surface area contributed by atoms with Gasteiger partial charge < -0.3 is 5.32 Å². The molecule has 1 aromatic heterocycles. The Morgan fingerprint density at radius 2 is 2.00 bits per heavy atom. The standard InChI is InChI=1S/C13H12FN3O2/c1-9(14)13(19)16-10-4-6-11(7-5-10)17-12(18)3-2-8-15-17/h2-9H,1H3,(H,16,19). The van der Waals surface area contributed by atoms with Crippen molar-refractivity contribution in [3.63, 3.8) is 0 Å². The third-order valence-corrected chi connectivity index (χ3v) is 2.46. The first-order chi connectivity index (χ1) is 9.08. The molecule has 19 heavy (non-hydrogen) atoms. The molecule has 0 spiro atoms. The molecule has 1 N–H and O–H groups in total. The number of anilines is 1. The van der Waals surface area contributed by atoms with Crippen molar-refractivity contribution >= 4 is 11.6 Å². The van der Waals surface area contributed by atoms with Crippen LogP contribution in [0.4, 0.5) is 10.1 Å². The summed E-state index contributed by atoms with van der Waals surface area (Å²) in [5.41, 5.74) is 0.774. The van der Waals surface area contributed by atoms with Crippen LogP contribution in [0, 0.1) is 0 Å². The average Bonchev–Trinajstić information content (AvgIpc) is 2.40. The van der Waals surface area contributed by atoms with Crippen molar-refractivity contribution in [3.8, 4) is 5.69 Å². The SMILES string of the molecule is CC(F)C(=O)Nc1ccc(-n2ncccc2=O)cc1. The van der Waals surface area contributed by atoms with Gasteiger partial charge in [0.05, 0.1) is 5.69 Å². The molecular formula is C13H12FN3O2. The largest absolute Gasteiger partial charge is 0.324 e. The predicted octanol–water partition coefficient (Wildman–Crippen LogP) is 1.53. The lowest BCUT2D eigenvalue weighted by molar-refractivity contribution is -0.120. The van der Waals surface area contributed by atoms with E-state index >= 15 is 0 Å². The number of alkyl halides is 1. The fourth-order valence-electron chi connectivity index (χ4n) is 1.48. The second-order valence-electron chi connectivity index (χ2n) is 3.93. The Balaban J connectivity index is 2.22. The van der Waals surface area contributed by atoms with Gasteiger partial charge in [-0.15, -0.1) is 0 Å². The number of aromatic nitrogens is 2. The molecule has 0 aliphatic rings. The maximum Gasteiger partial charge on any atom is 0.271 e. The summed E-state index contributed by atoms with van der Waals surface area (Å²) in [6, 6.07) is 9.34. The quantitative estimate of drug-likeness (QED) is 0.911. The van der Waals surface area contributed by atoms with Gasteiger partial charge in [0, 0.05) is 18.0 Å². The molecule has 0 radical (unpaired) electrons. The first-order valence-electron chi connectivity index (χ1n) is 5.67. The number of carbonyl (C=O) groups excluding carboxylic acids is 1. The fraction of sp³-hybridized carbons (Fsp3) is 0.154. The zero-order chi connectivity index (χ0) is 13.8. The minimum Gasteiger partial charge on any atom is -0.324 e. The van der Waals surface area contributed by atoms with Crippen LogP contribution >= 0.6 is 0 Å². The molecule has 1 atom stereocenters. The molecular weight excluding hydrogens is 249 g/mol. The summed E-state index contributed by atoms with van der Waals surface area (Å²) in [6.45, 7) is 1.16. The molecule has 0 fully saturated rings. The summed E-state index contributed by atoms with van der Waals surface area (Å²) in [4.78, 5) is 22.7. The van der Waals surface area contributed by atoms with Crippen molar-refractivity contribution in [1.29, 1.82) is 0 Å². The lowest BCUT2D eigenvalue weighted by Crippen LogP contribution is -2.21. The minimum absolute atomic E-state index is 0.253. The lowest BCUT2D eigenvalue weighted by atomic mass is 10.2. The molecule has 1 unspecified atom stereocenters. The third kappa shape index (κ3) is 3.04. The smallest absolute Gasteiger partial charge is 0.271 e. The molecule has 6 heteroatoms. The van der Waals surface area contributed by atoms with Crippen LogP contribution in [0.5, 0.6) is 0 Å². The molecule has 1 heterocycles. The van der Waals surface area contributed by atoms with Crippen LogP contribution in [0.25, 0.3) is 5.69 Å². The second kappa shape index (κ2) is 5.43. The van der Waals surface area contributed by atoms with E-state index in [-0.39, 0.29) is 5.56 Å². The van der Waals surface area contributed by atoms with E-state index in [0.717, 1.165) is 6.92 Å². The molecule has 0 saturated carbocycles. The first-order valence-corrected chi connectivity index (χ1v) is 5.67. The van der Waals surface area contributed by atoms with Crippen LogP contribution in [-0.4, -0.2) is 21.9 Å². The van der Waals surface area contributed by atoms with Crippen LogP contribution in [0.3, 0.4) is 0 Å². The molecule has 5 nitrogen and oxygen atoms in total. The Kier molecular flexibility index (Phi) is 3.70. The molecule has 0 aliphatic heterocycles. The Bertz CT molecular complexity index is 635. The minimum atomic E-state index is -1.57. The number of carbonyl (C=O) groups is 1. The van der Waals surface area contributed by atoms with E-state index in [2.05, 4.69) is 10.4 Å². The van der Waals surface area contributed by atoms with Crippen LogP contribution in [0.2, 0.25) is 0 Å². The van der Waals surface area contributed by atoms with Crippen molar-refractivity contribution < 1.29 is 9.18 Å². The highest BCUT2D eigenvalue weighted by Gasteiger charge is 2.10. The number of nitrogens with one attached hydrogen (secondary N) is 1. The van der Waals surface area contributed by atoms with Crippen molar-refractivity contribution in [2.24, 2.45) is 0 Å². The third-order valence-electron chi connectivity index (χ3n) is 2.46. The van der Waals surface area contributed by atoms with Crippen LogP contribution in [0.1, 0.15) is 6.92 Å². The van der Waals surface area contributed by atoms with Gasteiger partial charge in [-0.1, -0.05) is 0 Å². The van der Waals surface area contributed by atoms with Gasteiger partial charge in [-0.25, -0.2) is 4.39 Å². The van der Waals surface area contributed by atoms with Gasteiger partial charge in [0.25, 0.3) is 11.5 Å². The molecule has 98 valence electrons. The van der Waals surface area contributed by atoms with E-state index in [1.165, 1.54) is 16.9 Å². The molecule has 2 aromatic rings. The Hall–Kier alpha value is -2.50. The zero-order valence-electron chi connectivity index (χ0n) is 10.2. The first kappa shape index (κ1) is 12.9. The number of rotatable bonds is 3. The van der Waals surface area contributed by atoms with E-state index in [0.29, 0.717) is 11.4 Å². The molecule has 1 amide bonds. The van der Waals surface area contributed by atoms with Crippen molar-refractivity contribution in [3.05, 3.63) is 52.9 Å². The maximum absolute atomic E-state index is 12.7. The van der Waals surface area contributed by atoms with Crippen LogP contribution < -0.4 is 10.9 Å². The highest BCUT2D eigenvalue weighted by molar-refractivity contribution is 5.93.